The maximum Gasteiger partial charge on any atom is 0.310 e. The highest BCUT2D eigenvalue weighted by Crippen LogP contribution is 2.28. The predicted octanol–water partition coefficient (Wildman–Crippen LogP) is 2.63. The fraction of sp³-hybridized carbons (Fsp3) is 0.600. The van der Waals surface area contributed by atoms with Gasteiger partial charge in [-0.05, 0) is 57.7 Å². The fourth-order valence-corrected chi connectivity index (χ4v) is 3.95. The SMILES string of the molecule is CCOC(=O)C1CCCN(C(C)C(=O)N2CCCc3ccccc32)C1. The van der Waals surface area contributed by atoms with Gasteiger partial charge in [0.1, 0.15) is 0 Å². The molecule has 0 N–H and O–H groups in total. The zero-order valence-electron chi connectivity index (χ0n) is 15.2. The first-order chi connectivity index (χ1) is 12.1. The summed E-state index contributed by atoms with van der Waals surface area (Å²) in [7, 11) is 0. The lowest BCUT2D eigenvalue weighted by atomic mass is 9.96. The number of rotatable bonds is 4. The summed E-state index contributed by atoms with van der Waals surface area (Å²) in [6.07, 6.45) is 3.81. The Balaban J connectivity index is 1.69. The van der Waals surface area contributed by atoms with Crippen molar-refractivity contribution in [2.45, 2.75) is 45.6 Å². The highest BCUT2D eigenvalue weighted by atomic mass is 16.5. The molecule has 1 aromatic rings. The van der Waals surface area contributed by atoms with Crippen LogP contribution in [0.1, 0.15) is 38.7 Å². The Hall–Kier alpha value is -1.88. The van der Waals surface area contributed by atoms with Gasteiger partial charge in [-0.1, -0.05) is 18.2 Å². The van der Waals surface area contributed by atoms with E-state index in [-0.39, 0.29) is 23.8 Å². The number of aryl methyl sites for hydroxylation is 1. The zero-order chi connectivity index (χ0) is 17.8. The van der Waals surface area contributed by atoms with Gasteiger partial charge in [0.15, 0.2) is 0 Å². The average molecular weight is 344 g/mol. The number of nitrogens with zero attached hydrogens (tertiary/aromatic N) is 2. The van der Waals surface area contributed by atoms with Crippen LogP contribution in [0.5, 0.6) is 0 Å². The van der Waals surface area contributed by atoms with E-state index in [1.807, 2.05) is 36.9 Å². The van der Waals surface area contributed by atoms with Crippen molar-refractivity contribution in [1.82, 2.24) is 4.90 Å². The highest BCUT2D eigenvalue weighted by molar-refractivity contribution is 5.98. The molecule has 0 radical (unpaired) electrons. The summed E-state index contributed by atoms with van der Waals surface area (Å²) in [5.41, 5.74) is 2.29. The molecule has 1 saturated heterocycles. The molecular weight excluding hydrogens is 316 g/mol. The number of anilines is 1. The van der Waals surface area contributed by atoms with Crippen LogP contribution in [0.4, 0.5) is 5.69 Å². The van der Waals surface area contributed by atoms with Gasteiger partial charge in [0.25, 0.3) is 0 Å². The summed E-state index contributed by atoms with van der Waals surface area (Å²) >= 11 is 0. The molecule has 2 atom stereocenters. The summed E-state index contributed by atoms with van der Waals surface area (Å²) in [5.74, 6) is -0.107. The molecule has 5 nitrogen and oxygen atoms in total. The van der Waals surface area contributed by atoms with Gasteiger partial charge >= 0.3 is 5.97 Å². The molecule has 5 heteroatoms. The van der Waals surface area contributed by atoms with Crippen LogP contribution >= 0.6 is 0 Å². The average Bonchev–Trinajstić information content (AvgIpc) is 2.66. The quantitative estimate of drug-likeness (QED) is 0.788. The molecule has 2 heterocycles. The monoisotopic (exact) mass is 344 g/mol. The molecule has 0 aliphatic carbocycles. The minimum absolute atomic E-state index is 0.113. The van der Waals surface area contributed by atoms with Crippen molar-refractivity contribution in [2.75, 3.05) is 31.1 Å². The van der Waals surface area contributed by atoms with Gasteiger partial charge in [-0.2, -0.15) is 0 Å². The topological polar surface area (TPSA) is 49.9 Å². The lowest BCUT2D eigenvalue weighted by molar-refractivity contribution is -0.150. The second-order valence-corrected chi connectivity index (χ2v) is 6.98. The number of likely N-dealkylation sites (tertiary alicyclic amines) is 1. The van der Waals surface area contributed by atoms with Crippen molar-refractivity contribution in [3.63, 3.8) is 0 Å². The van der Waals surface area contributed by atoms with E-state index in [2.05, 4.69) is 11.0 Å². The molecule has 2 aliphatic heterocycles. The predicted molar refractivity (Wildman–Crippen MR) is 97.5 cm³/mol. The van der Waals surface area contributed by atoms with Crippen LogP contribution in [-0.4, -0.2) is 49.1 Å². The summed E-state index contributed by atoms with van der Waals surface area (Å²) < 4.78 is 5.17. The molecule has 0 spiro atoms. The second-order valence-electron chi connectivity index (χ2n) is 6.98. The van der Waals surface area contributed by atoms with Crippen molar-refractivity contribution >= 4 is 17.6 Å². The number of benzene rings is 1. The van der Waals surface area contributed by atoms with Crippen molar-refractivity contribution in [3.8, 4) is 0 Å². The standard InChI is InChI=1S/C20H28N2O3/c1-3-25-20(24)17-10-6-12-21(14-17)15(2)19(23)22-13-7-9-16-8-4-5-11-18(16)22/h4-5,8,11,15,17H,3,6-7,9-10,12-14H2,1-2H3. The number of piperidine rings is 1. The van der Waals surface area contributed by atoms with E-state index in [4.69, 9.17) is 4.74 Å². The summed E-state index contributed by atoms with van der Waals surface area (Å²) in [5, 5.41) is 0. The van der Waals surface area contributed by atoms with Crippen LogP contribution in [0.2, 0.25) is 0 Å². The van der Waals surface area contributed by atoms with E-state index in [0.29, 0.717) is 13.2 Å². The smallest absolute Gasteiger partial charge is 0.310 e. The first-order valence-corrected chi connectivity index (χ1v) is 9.41. The zero-order valence-corrected chi connectivity index (χ0v) is 15.2. The van der Waals surface area contributed by atoms with Gasteiger partial charge in [-0.25, -0.2) is 0 Å². The van der Waals surface area contributed by atoms with Gasteiger partial charge in [-0.3, -0.25) is 14.5 Å². The molecule has 1 fully saturated rings. The number of carbonyl (C=O) groups excluding carboxylic acids is 2. The van der Waals surface area contributed by atoms with Crippen molar-refractivity contribution in [3.05, 3.63) is 29.8 Å². The number of fused-ring (bicyclic) bond motifs is 1. The van der Waals surface area contributed by atoms with Crippen LogP contribution in [-0.2, 0) is 20.7 Å². The van der Waals surface area contributed by atoms with Gasteiger partial charge in [0.2, 0.25) is 5.91 Å². The van der Waals surface area contributed by atoms with Crippen LogP contribution in [0.25, 0.3) is 0 Å². The Kier molecular flexibility index (Phi) is 5.74. The molecule has 0 bridgehead atoms. The lowest BCUT2D eigenvalue weighted by Gasteiger charge is -2.38. The second kappa shape index (κ2) is 8.00. The van der Waals surface area contributed by atoms with Crippen LogP contribution in [0, 0.1) is 5.92 Å². The number of carbonyl (C=O) groups is 2. The molecule has 0 aromatic heterocycles. The van der Waals surface area contributed by atoms with Gasteiger partial charge in [-0.15, -0.1) is 0 Å². The van der Waals surface area contributed by atoms with Crippen LogP contribution < -0.4 is 4.90 Å². The molecule has 136 valence electrons. The number of ether oxygens (including phenoxy) is 1. The van der Waals surface area contributed by atoms with E-state index < -0.39 is 0 Å². The minimum atomic E-state index is -0.219. The molecule has 0 saturated carbocycles. The first kappa shape index (κ1) is 17.9. The molecule has 1 amide bonds. The maximum atomic E-state index is 13.1. The van der Waals surface area contributed by atoms with Crippen molar-refractivity contribution in [1.29, 1.82) is 0 Å². The largest absolute Gasteiger partial charge is 0.466 e. The Morgan fingerprint density at radius 1 is 1.24 bits per heavy atom. The third-order valence-corrected chi connectivity index (χ3v) is 5.35. The molecular formula is C20H28N2O3. The highest BCUT2D eigenvalue weighted by Gasteiger charge is 2.34. The fourth-order valence-electron chi connectivity index (χ4n) is 3.95. The molecule has 1 aromatic carbocycles. The molecule has 3 rings (SSSR count). The number of esters is 1. The minimum Gasteiger partial charge on any atom is -0.466 e. The van der Waals surface area contributed by atoms with E-state index >= 15 is 0 Å². The van der Waals surface area contributed by atoms with Crippen molar-refractivity contribution in [2.24, 2.45) is 5.92 Å². The molecule has 2 aliphatic rings. The van der Waals surface area contributed by atoms with E-state index in [0.717, 1.165) is 44.5 Å². The number of hydrogen-bond acceptors (Lipinski definition) is 4. The molecule has 2 unspecified atom stereocenters. The van der Waals surface area contributed by atoms with Crippen LogP contribution in [0.3, 0.4) is 0 Å². The lowest BCUT2D eigenvalue weighted by Crippen LogP contribution is -2.52. The number of amides is 1. The first-order valence-electron chi connectivity index (χ1n) is 9.41. The summed E-state index contributed by atoms with van der Waals surface area (Å²) in [4.78, 5) is 29.3. The van der Waals surface area contributed by atoms with Gasteiger partial charge in [0.05, 0.1) is 18.6 Å². The number of para-hydroxylation sites is 1. The summed E-state index contributed by atoms with van der Waals surface area (Å²) in [6.45, 7) is 6.45. The van der Waals surface area contributed by atoms with Crippen molar-refractivity contribution < 1.29 is 14.3 Å². The van der Waals surface area contributed by atoms with Gasteiger partial charge < -0.3 is 9.64 Å². The Morgan fingerprint density at radius 2 is 2.04 bits per heavy atom. The van der Waals surface area contributed by atoms with E-state index in [1.54, 1.807) is 0 Å². The summed E-state index contributed by atoms with van der Waals surface area (Å²) in [6, 6.07) is 7.95. The Bertz CT molecular complexity index is 631. The van der Waals surface area contributed by atoms with Crippen LogP contribution in [0.15, 0.2) is 24.3 Å². The van der Waals surface area contributed by atoms with E-state index in [1.165, 1.54) is 5.56 Å². The molecule has 25 heavy (non-hydrogen) atoms. The Labute approximate surface area is 149 Å². The third-order valence-electron chi connectivity index (χ3n) is 5.35. The van der Waals surface area contributed by atoms with Gasteiger partial charge in [0, 0.05) is 18.8 Å². The maximum absolute atomic E-state index is 13.1. The van der Waals surface area contributed by atoms with E-state index in [9.17, 15) is 9.59 Å². The number of hydrogen-bond donors (Lipinski definition) is 0. The Morgan fingerprint density at radius 3 is 2.84 bits per heavy atom. The normalized spacial score (nSPS) is 22.2. The third kappa shape index (κ3) is 3.87.